The van der Waals surface area contributed by atoms with E-state index in [-0.39, 0.29) is 24.3 Å². The number of likely N-dealkylation sites (tertiary alicyclic amines) is 1. The van der Waals surface area contributed by atoms with Gasteiger partial charge in [-0.05, 0) is 49.6 Å². The van der Waals surface area contributed by atoms with E-state index in [9.17, 15) is 19.5 Å². The summed E-state index contributed by atoms with van der Waals surface area (Å²) in [5.41, 5.74) is 1.64. The number of hydrogen-bond acceptors (Lipinski definition) is 5. The molecule has 0 bridgehead atoms. The third-order valence-electron chi connectivity index (χ3n) is 9.13. The molecule has 2 fully saturated rings. The lowest BCUT2D eigenvalue weighted by Crippen LogP contribution is -2.57. The zero-order chi connectivity index (χ0) is 29.6. The summed E-state index contributed by atoms with van der Waals surface area (Å²) in [6.45, 7) is 5.20. The number of aliphatic hydroxyl groups is 1. The predicted molar refractivity (Wildman–Crippen MR) is 166 cm³/mol. The maximum Gasteiger partial charge on any atom is 0.251 e. The quantitative estimate of drug-likeness (QED) is 0.475. The number of hydrogen-bond donors (Lipinski definition) is 1. The van der Waals surface area contributed by atoms with Gasteiger partial charge in [-0.1, -0.05) is 73.2 Å². The molecular weight excluding hydrogens is 570 g/mol. The van der Waals surface area contributed by atoms with Crippen molar-refractivity contribution in [2.75, 3.05) is 31.1 Å². The summed E-state index contributed by atoms with van der Waals surface area (Å²) in [5, 5.41) is 11.3. The summed E-state index contributed by atoms with van der Waals surface area (Å²) in [7, 11) is 0. The van der Waals surface area contributed by atoms with Crippen molar-refractivity contribution in [1.82, 2.24) is 9.80 Å². The Balaban J connectivity index is 1.49. The van der Waals surface area contributed by atoms with E-state index in [0.717, 1.165) is 12.0 Å². The van der Waals surface area contributed by atoms with Crippen LogP contribution in [0.1, 0.15) is 25.8 Å². The SMILES string of the molecule is CCCN1CC=C[C@]2(C)S[C@]34C=CCN(c5ccc(Cl)cc5)C(=O)C3N([C@@H](CO)Cc3ccccc3)C(=O)[C@@H]4[C@@H]2C1=O. The van der Waals surface area contributed by atoms with E-state index in [0.29, 0.717) is 36.8 Å². The van der Waals surface area contributed by atoms with Crippen LogP contribution in [-0.4, -0.2) is 80.4 Å². The molecule has 220 valence electrons. The van der Waals surface area contributed by atoms with E-state index in [1.165, 1.54) is 0 Å². The summed E-state index contributed by atoms with van der Waals surface area (Å²) in [6, 6.07) is 15.3. The highest BCUT2D eigenvalue weighted by atomic mass is 35.5. The van der Waals surface area contributed by atoms with E-state index < -0.39 is 33.4 Å². The van der Waals surface area contributed by atoms with Gasteiger partial charge in [-0.15, -0.1) is 11.8 Å². The number of rotatable bonds is 7. The number of halogens is 1. The number of benzene rings is 2. The molecule has 6 rings (SSSR count). The zero-order valence-corrected chi connectivity index (χ0v) is 25.4. The van der Waals surface area contributed by atoms with Crippen LogP contribution in [0.5, 0.6) is 0 Å². The molecule has 4 aliphatic heterocycles. The van der Waals surface area contributed by atoms with Crippen molar-refractivity contribution in [3.05, 3.63) is 89.5 Å². The van der Waals surface area contributed by atoms with Crippen LogP contribution in [0.15, 0.2) is 78.9 Å². The number of fused-ring (bicyclic) bond motifs is 2. The van der Waals surface area contributed by atoms with Crippen molar-refractivity contribution in [3.63, 3.8) is 0 Å². The molecule has 2 aromatic rings. The molecule has 7 nitrogen and oxygen atoms in total. The molecule has 9 heteroatoms. The minimum absolute atomic E-state index is 0.0454. The molecule has 6 atom stereocenters. The Hall–Kier alpha value is -3.07. The largest absolute Gasteiger partial charge is 0.394 e. The Morgan fingerprint density at radius 1 is 0.952 bits per heavy atom. The molecule has 4 heterocycles. The fourth-order valence-electron chi connectivity index (χ4n) is 7.37. The molecule has 0 radical (unpaired) electrons. The number of carbonyl (C=O) groups excluding carboxylic acids is 3. The topological polar surface area (TPSA) is 81.2 Å². The van der Waals surface area contributed by atoms with Crippen molar-refractivity contribution >= 4 is 46.8 Å². The minimum Gasteiger partial charge on any atom is -0.394 e. The lowest BCUT2D eigenvalue weighted by Gasteiger charge is -2.39. The van der Waals surface area contributed by atoms with Gasteiger partial charge in [0.05, 0.1) is 29.2 Å². The molecule has 0 aromatic heterocycles. The lowest BCUT2D eigenvalue weighted by atomic mass is 9.74. The van der Waals surface area contributed by atoms with Crippen LogP contribution in [-0.2, 0) is 20.8 Å². The standard InChI is InChI=1S/C33H36ClN3O4S/c1-3-17-35-18-7-15-32(2)26(29(35)39)27-30(40)37(25(21-38)20-22-9-5-4-6-10-22)28-31(41)36(19-8-16-33(27,28)42-32)24-13-11-23(34)12-14-24/h4-16,25-28,38H,3,17-21H2,1-2H3/t25-,26-,27+,28?,32+,33+/m1/s1. The van der Waals surface area contributed by atoms with Crippen LogP contribution < -0.4 is 4.90 Å². The predicted octanol–water partition coefficient (Wildman–Crippen LogP) is 4.34. The molecule has 3 amide bonds. The summed E-state index contributed by atoms with van der Waals surface area (Å²) in [6.07, 6.45) is 9.28. The number of carbonyl (C=O) groups is 3. The molecule has 2 saturated heterocycles. The van der Waals surface area contributed by atoms with Crippen LogP contribution >= 0.6 is 23.4 Å². The average molecular weight is 606 g/mol. The molecule has 0 aliphatic carbocycles. The molecule has 4 aliphatic rings. The van der Waals surface area contributed by atoms with Crippen molar-refractivity contribution in [2.45, 2.75) is 48.3 Å². The van der Waals surface area contributed by atoms with Gasteiger partial charge in [0.2, 0.25) is 11.8 Å². The molecule has 0 saturated carbocycles. The van der Waals surface area contributed by atoms with Crippen LogP contribution in [0.25, 0.3) is 0 Å². The molecule has 42 heavy (non-hydrogen) atoms. The normalized spacial score (nSPS) is 31.1. The summed E-state index contributed by atoms with van der Waals surface area (Å²) >= 11 is 7.72. The molecule has 1 spiro atoms. The van der Waals surface area contributed by atoms with E-state index in [4.69, 9.17) is 11.6 Å². The van der Waals surface area contributed by atoms with E-state index in [1.807, 2.05) is 67.3 Å². The highest BCUT2D eigenvalue weighted by molar-refractivity contribution is 8.02. The molecular formula is C33H36ClN3O4S. The fourth-order valence-corrected chi connectivity index (χ4v) is 9.64. The smallest absolute Gasteiger partial charge is 0.251 e. The number of nitrogens with zero attached hydrogens (tertiary/aromatic N) is 3. The summed E-state index contributed by atoms with van der Waals surface area (Å²) in [5.74, 6) is -1.90. The number of aliphatic hydroxyl groups excluding tert-OH is 1. The summed E-state index contributed by atoms with van der Waals surface area (Å²) in [4.78, 5) is 48.9. The average Bonchev–Trinajstić information content (AvgIpc) is 3.26. The maximum atomic E-state index is 14.8. The Morgan fingerprint density at radius 3 is 2.36 bits per heavy atom. The van der Waals surface area contributed by atoms with Crippen LogP contribution in [0.2, 0.25) is 5.02 Å². The Kier molecular flexibility index (Phi) is 7.75. The van der Waals surface area contributed by atoms with Crippen molar-refractivity contribution in [2.24, 2.45) is 11.8 Å². The van der Waals surface area contributed by atoms with Gasteiger partial charge in [0.1, 0.15) is 6.04 Å². The first-order valence-electron chi connectivity index (χ1n) is 14.6. The van der Waals surface area contributed by atoms with Crippen molar-refractivity contribution < 1.29 is 19.5 Å². The summed E-state index contributed by atoms with van der Waals surface area (Å²) < 4.78 is -1.65. The van der Waals surface area contributed by atoms with Crippen LogP contribution in [0, 0.1) is 11.8 Å². The zero-order valence-electron chi connectivity index (χ0n) is 23.9. The Bertz CT molecular complexity index is 1430. The Morgan fingerprint density at radius 2 is 1.67 bits per heavy atom. The molecule has 2 aromatic carbocycles. The highest BCUT2D eigenvalue weighted by Crippen LogP contribution is 2.66. The number of amides is 3. The van der Waals surface area contributed by atoms with Gasteiger partial charge in [0.15, 0.2) is 0 Å². The Labute approximate surface area is 256 Å². The maximum absolute atomic E-state index is 14.8. The van der Waals surface area contributed by atoms with Gasteiger partial charge in [-0.3, -0.25) is 14.4 Å². The van der Waals surface area contributed by atoms with Gasteiger partial charge in [0, 0.05) is 35.1 Å². The van der Waals surface area contributed by atoms with Gasteiger partial charge in [-0.2, -0.15) is 0 Å². The lowest BCUT2D eigenvalue weighted by molar-refractivity contribution is -0.145. The third kappa shape index (κ3) is 4.59. The van der Waals surface area contributed by atoms with E-state index >= 15 is 0 Å². The fraction of sp³-hybridized carbons (Fsp3) is 0.424. The van der Waals surface area contributed by atoms with Gasteiger partial charge < -0.3 is 19.8 Å². The van der Waals surface area contributed by atoms with Gasteiger partial charge in [-0.25, -0.2) is 0 Å². The van der Waals surface area contributed by atoms with Crippen molar-refractivity contribution in [1.29, 1.82) is 0 Å². The molecule has 1 N–H and O–H groups in total. The van der Waals surface area contributed by atoms with Crippen LogP contribution in [0.3, 0.4) is 0 Å². The first-order valence-corrected chi connectivity index (χ1v) is 15.8. The second-order valence-electron chi connectivity index (χ2n) is 11.8. The number of anilines is 1. The monoisotopic (exact) mass is 605 g/mol. The molecule has 1 unspecified atom stereocenters. The van der Waals surface area contributed by atoms with E-state index in [2.05, 4.69) is 6.08 Å². The second kappa shape index (κ2) is 11.2. The second-order valence-corrected chi connectivity index (χ2v) is 14.0. The van der Waals surface area contributed by atoms with Gasteiger partial charge in [0.25, 0.3) is 5.91 Å². The van der Waals surface area contributed by atoms with Crippen LogP contribution in [0.4, 0.5) is 5.69 Å². The first-order chi connectivity index (χ1) is 20.2. The first kappa shape index (κ1) is 29.0. The number of thioether (sulfide) groups is 1. The highest BCUT2D eigenvalue weighted by Gasteiger charge is 2.74. The minimum atomic E-state index is -0.978. The third-order valence-corrected chi connectivity index (χ3v) is 11.2. The van der Waals surface area contributed by atoms with E-state index in [1.54, 1.807) is 45.8 Å². The van der Waals surface area contributed by atoms with Crippen molar-refractivity contribution in [3.8, 4) is 0 Å². The van der Waals surface area contributed by atoms with Gasteiger partial charge >= 0.3 is 0 Å².